The van der Waals surface area contributed by atoms with Gasteiger partial charge in [0.1, 0.15) is 5.69 Å². The van der Waals surface area contributed by atoms with E-state index in [1.165, 1.54) is 0 Å². The van der Waals surface area contributed by atoms with Gasteiger partial charge in [0.25, 0.3) is 5.91 Å². The van der Waals surface area contributed by atoms with Gasteiger partial charge in [-0.2, -0.15) is 5.10 Å². The second-order valence-corrected chi connectivity index (χ2v) is 8.94. The van der Waals surface area contributed by atoms with E-state index in [9.17, 15) is 13.2 Å². The molecule has 2 aliphatic heterocycles. The van der Waals surface area contributed by atoms with E-state index in [-0.39, 0.29) is 41.9 Å². The van der Waals surface area contributed by atoms with E-state index < -0.39 is 9.84 Å². The van der Waals surface area contributed by atoms with Gasteiger partial charge in [0.2, 0.25) is 0 Å². The molecule has 2 fully saturated rings. The van der Waals surface area contributed by atoms with Crippen molar-refractivity contribution in [1.29, 1.82) is 0 Å². The molecule has 1 N–H and O–H groups in total. The van der Waals surface area contributed by atoms with Crippen molar-refractivity contribution in [2.75, 3.05) is 24.6 Å². The van der Waals surface area contributed by atoms with Crippen LogP contribution in [-0.4, -0.2) is 80.6 Å². The summed E-state index contributed by atoms with van der Waals surface area (Å²) in [4.78, 5) is 24.0. The SMILES string of the molecule is CCn1nccc1C(=O)N1CCN(Cc2cnc[nH]2)[C@@H]2CS(=O)(=O)C[C@@H]21.Cl. The molecule has 1 amide bonds. The van der Waals surface area contributed by atoms with Crippen molar-refractivity contribution in [2.45, 2.75) is 32.1 Å². The van der Waals surface area contributed by atoms with Gasteiger partial charge in [0.15, 0.2) is 9.84 Å². The first-order chi connectivity index (χ1) is 12.5. The molecule has 4 rings (SSSR count). The molecule has 2 saturated heterocycles. The van der Waals surface area contributed by atoms with Gasteiger partial charge in [0.05, 0.1) is 23.9 Å². The van der Waals surface area contributed by atoms with Gasteiger partial charge in [-0.15, -0.1) is 12.4 Å². The van der Waals surface area contributed by atoms with Crippen molar-refractivity contribution < 1.29 is 13.2 Å². The van der Waals surface area contributed by atoms with Gasteiger partial charge < -0.3 is 9.88 Å². The molecule has 2 aromatic heterocycles. The summed E-state index contributed by atoms with van der Waals surface area (Å²) >= 11 is 0. The molecule has 27 heavy (non-hydrogen) atoms. The summed E-state index contributed by atoms with van der Waals surface area (Å²) in [5.41, 5.74) is 1.45. The minimum absolute atomic E-state index is 0. The second kappa shape index (κ2) is 7.61. The third-order valence-electron chi connectivity index (χ3n) is 5.22. The smallest absolute Gasteiger partial charge is 0.272 e. The third-order valence-corrected chi connectivity index (χ3v) is 6.91. The fraction of sp³-hybridized carbons (Fsp3) is 0.562. The molecule has 2 aromatic rings. The highest BCUT2D eigenvalue weighted by Crippen LogP contribution is 2.29. The van der Waals surface area contributed by atoms with E-state index in [1.54, 1.807) is 34.4 Å². The van der Waals surface area contributed by atoms with Gasteiger partial charge in [-0.3, -0.25) is 14.4 Å². The number of hydrogen-bond acceptors (Lipinski definition) is 6. The summed E-state index contributed by atoms with van der Waals surface area (Å²) in [6, 6.07) is 1.17. The number of sulfone groups is 1. The second-order valence-electron chi connectivity index (χ2n) is 6.79. The molecule has 11 heteroatoms. The molecule has 2 aliphatic rings. The fourth-order valence-electron chi connectivity index (χ4n) is 3.98. The van der Waals surface area contributed by atoms with Crippen molar-refractivity contribution in [2.24, 2.45) is 0 Å². The quantitative estimate of drug-likeness (QED) is 0.764. The van der Waals surface area contributed by atoms with Crippen LogP contribution in [-0.2, 0) is 22.9 Å². The summed E-state index contributed by atoms with van der Waals surface area (Å²) < 4.78 is 26.3. The van der Waals surface area contributed by atoms with Gasteiger partial charge in [-0.25, -0.2) is 13.4 Å². The number of aryl methyl sites for hydroxylation is 1. The summed E-state index contributed by atoms with van der Waals surface area (Å²) in [6.45, 7) is 4.25. The largest absolute Gasteiger partial charge is 0.347 e. The van der Waals surface area contributed by atoms with E-state index in [0.29, 0.717) is 31.9 Å². The lowest BCUT2D eigenvalue weighted by Crippen LogP contribution is -2.60. The van der Waals surface area contributed by atoms with Gasteiger partial charge in [0, 0.05) is 50.3 Å². The van der Waals surface area contributed by atoms with Gasteiger partial charge in [-0.1, -0.05) is 0 Å². The van der Waals surface area contributed by atoms with E-state index >= 15 is 0 Å². The van der Waals surface area contributed by atoms with Crippen LogP contribution >= 0.6 is 12.4 Å². The number of fused-ring (bicyclic) bond motifs is 1. The van der Waals surface area contributed by atoms with E-state index in [2.05, 4.69) is 20.0 Å². The van der Waals surface area contributed by atoms with Crippen LogP contribution in [0.15, 0.2) is 24.8 Å². The molecule has 9 nitrogen and oxygen atoms in total. The van der Waals surface area contributed by atoms with Crippen molar-refractivity contribution in [3.8, 4) is 0 Å². The molecular weight excluding hydrogens is 392 g/mol. The standard InChI is InChI=1S/C16H22N6O3S.ClH/c1-2-22-13(3-4-19-22)16(23)21-6-5-20(8-12-7-17-11-18-12)14-9-26(24,25)10-15(14)21;/h3-4,7,11,14-15H,2,5-6,8-10H2,1H3,(H,17,18);1H/t14-,15+;/m1./s1. The first kappa shape index (κ1) is 19.8. The van der Waals surface area contributed by atoms with Crippen LogP contribution in [0.25, 0.3) is 0 Å². The zero-order valence-electron chi connectivity index (χ0n) is 15.0. The van der Waals surface area contributed by atoms with Crippen LogP contribution in [0.5, 0.6) is 0 Å². The third kappa shape index (κ3) is 3.74. The Kier molecular flexibility index (Phi) is 5.59. The molecule has 4 heterocycles. The number of aromatic nitrogens is 4. The molecule has 0 bridgehead atoms. The highest BCUT2D eigenvalue weighted by Gasteiger charge is 2.48. The molecular formula is C16H23ClN6O3S. The number of aromatic amines is 1. The number of carbonyl (C=O) groups excluding carboxylic acids is 1. The van der Waals surface area contributed by atoms with Crippen LogP contribution in [0, 0.1) is 0 Å². The number of nitrogens with one attached hydrogen (secondary N) is 1. The molecule has 2 atom stereocenters. The predicted octanol–water partition coefficient (Wildman–Crippen LogP) is 0.172. The Morgan fingerprint density at radius 2 is 2.07 bits per heavy atom. The topological polar surface area (TPSA) is 104 Å². The van der Waals surface area contributed by atoms with Crippen molar-refractivity contribution >= 4 is 28.2 Å². The fourth-order valence-corrected chi connectivity index (χ4v) is 5.99. The van der Waals surface area contributed by atoms with Crippen LogP contribution in [0.2, 0.25) is 0 Å². The Bertz CT molecular complexity index is 897. The lowest BCUT2D eigenvalue weighted by Gasteiger charge is -2.43. The maximum absolute atomic E-state index is 13.1. The minimum atomic E-state index is -3.18. The number of piperazine rings is 1. The summed E-state index contributed by atoms with van der Waals surface area (Å²) in [5.74, 6) is -0.0381. The number of halogens is 1. The van der Waals surface area contributed by atoms with Crippen LogP contribution < -0.4 is 0 Å². The number of hydrogen-bond donors (Lipinski definition) is 1. The molecule has 0 aromatic carbocycles. The maximum atomic E-state index is 13.1. The predicted molar refractivity (Wildman–Crippen MR) is 101 cm³/mol. The lowest BCUT2D eigenvalue weighted by molar-refractivity contribution is 0.0293. The Balaban J connectivity index is 0.00000210. The number of amides is 1. The Morgan fingerprint density at radius 3 is 2.78 bits per heavy atom. The lowest BCUT2D eigenvalue weighted by atomic mass is 10.0. The summed E-state index contributed by atoms with van der Waals surface area (Å²) in [5, 5.41) is 4.16. The number of nitrogens with zero attached hydrogens (tertiary/aromatic N) is 5. The molecule has 0 spiro atoms. The summed E-state index contributed by atoms with van der Waals surface area (Å²) in [7, 11) is -3.18. The van der Waals surface area contributed by atoms with Gasteiger partial charge in [-0.05, 0) is 13.0 Å². The number of imidazole rings is 1. The highest BCUT2D eigenvalue weighted by molar-refractivity contribution is 7.91. The van der Waals surface area contributed by atoms with Gasteiger partial charge >= 0.3 is 0 Å². The normalized spacial score (nSPS) is 24.4. The molecule has 148 valence electrons. The van der Waals surface area contributed by atoms with E-state index in [0.717, 1.165) is 5.69 Å². The first-order valence-electron chi connectivity index (χ1n) is 8.73. The van der Waals surface area contributed by atoms with Crippen LogP contribution in [0.4, 0.5) is 0 Å². The zero-order chi connectivity index (χ0) is 18.3. The van der Waals surface area contributed by atoms with Crippen molar-refractivity contribution in [3.05, 3.63) is 36.2 Å². The summed E-state index contributed by atoms with van der Waals surface area (Å²) in [6.07, 6.45) is 4.97. The average Bonchev–Trinajstić information content (AvgIpc) is 3.32. The monoisotopic (exact) mass is 414 g/mol. The van der Waals surface area contributed by atoms with Crippen LogP contribution in [0.1, 0.15) is 23.1 Å². The Labute approximate surface area is 164 Å². The van der Waals surface area contributed by atoms with E-state index in [4.69, 9.17) is 0 Å². The highest BCUT2D eigenvalue weighted by atomic mass is 35.5. The van der Waals surface area contributed by atoms with E-state index in [1.807, 2.05) is 6.92 Å². The minimum Gasteiger partial charge on any atom is -0.347 e. The average molecular weight is 415 g/mol. The first-order valence-corrected chi connectivity index (χ1v) is 10.5. The van der Waals surface area contributed by atoms with Crippen molar-refractivity contribution in [3.63, 3.8) is 0 Å². The Hall–Kier alpha value is -1.91. The number of rotatable bonds is 4. The molecule has 0 unspecified atom stereocenters. The van der Waals surface area contributed by atoms with Crippen molar-refractivity contribution in [1.82, 2.24) is 29.5 Å². The van der Waals surface area contributed by atoms with Crippen LogP contribution in [0.3, 0.4) is 0 Å². The molecule has 0 aliphatic carbocycles. The molecule has 0 radical (unpaired) electrons. The number of carbonyl (C=O) groups is 1. The zero-order valence-corrected chi connectivity index (χ0v) is 16.6. The number of H-pyrrole nitrogens is 1. The Morgan fingerprint density at radius 1 is 1.30 bits per heavy atom. The maximum Gasteiger partial charge on any atom is 0.272 e. The molecule has 0 saturated carbocycles.